The normalized spacial score (nSPS) is 21.7. The molecule has 1 N–H and O–H groups in total. The first kappa shape index (κ1) is 12.5. The Hall–Kier alpha value is -1.91. The number of amides is 2. The van der Waals surface area contributed by atoms with E-state index in [0.717, 1.165) is 0 Å². The van der Waals surface area contributed by atoms with Crippen LogP contribution in [-0.4, -0.2) is 29.3 Å². The Balaban J connectivity index is 2.29. The van der Waals surface area contributed by atoms with Crippen molar-refractivity contribution in [3.05, 3.63) is 35.6 Å². The molecule has 4 nitrogen and oxygen atoms in total. The molecule has 2 rings (SSSR count). The number of nitrogens with one attached hydrogen (secondary N) is 1. The molecule has 1 aromatic carbocycles. The number of carbonyl (C=O) groups excluding carboxylic acids is 2. The molecule has 0 aromatic heterocycles. The van der Waals surface area contributed by atoms with Gasteiger partial charge in [-0.05, 0) is 31.5 Å². The van der Waals surface area contributed by atoms with Gasteiger partial charge in [-0.15, -0.1) is 0 Å². The SMILES string of the molecule is CC1C(=O)NCC(=O)N1C(C)c1cccc(F)c1. The van der Waals surface area contributed by atoms with Crippen molar-refractivity contribution in [3.8, 4) is 0 Å². The van der Waals surface area contributed by atoms with Crippen molar-refractivity contribution in [2.45, 2.75) is 25.9 Å². The molecule has 2 unspecified atom stereocenters. The van der Waals surface area contributed by atoms with Crippen LogP contribution < -0.4 is 5.32 Å². The average molecular weight is 250 g/mol. The number of hydrogen-bond donors (Lipinski definition) is 1. The van der Waals surface area contributed by atoms with Crippen LogP contribution in [-0.2, 0) is 9.59 Å². The lowest BCUT2D eigenvalue weighted by atomic mass is 10.0. The topological polar surface area (TPSA) is 49.4 Å². The highest BCUT2D eigenvalue weighted by Crippen LogP contribution is 2.24. The van der Waals surface area contributed by atoms with Crippen molar-refractivity contribution in [3.63, 3.8) is 0 Å². The molecule has 1 aliphatic rings. The van der Waals surface area contributed by atoms with Crippen LogP contribution in [0.15, 0.2) is 24.3 Å². The molecule has 0 bridgehead atoms. The van der Waals surface area contributed by atoms with E-state index in [1.54, 1.807) is 26.0 Å². The molecule has 0 aliphatic carbocycles. The molecule has 96 valence electrons. The fourth-order valence-corrected chi connectivity index (χ4v) is 2.22. The van der Waals surface area contributed by atoms with E-state index in [4.69, 9.17) is 0 Å². The molecule has 1 heterocycles. The monoisotopic (exact) mass is 250 g/mol. The zero-order chi connectivity index (χ0) is 13.3. The predicted molar refractivity (Wildman–Crippen MR) is 64.1 cm³/mol. The minimum absolute atomic E-state index is 0.00281. The van der Waals surface area contributed by atoms with Gasteiger partial charge in [0.05, 0.1) is 12.6 Å². The molecular formula is C13H15FN2O2. The van der Waals surface area contributed by atoms with Gasteiger partial charge in [0.2, 0.25) is 11.8 Å². The first-order chi connectivity index (χ1) is 8.50. The highest BCUT2D eigenvalue weighted by molar-refractivity contribution is 5.94. The molecule has 0 radical (unpaired) electrons. The second kappa shape index (κ2) is 4.76. The zero-order valence-corrected chi connectivity index (χ0v) is 10.3. The molecule has 18 heavy (non-hydrogen) atoms. The van der Waals surface area contributed by atoms with E-state index < -0.39 is 6.04 Å². The van der Waals surface area contributed by atoms with E-state index in [-0.39, 0.29) is 30.2 Å². The van der Waals surface area contributed by atoms with Crippen molar-refractivity contribution in [2.24, 2.45) is 0 Å². The number of halogens is 1. The van der Waals surface area contributed by atoms with Gasteiger partial charge < -0.3 is 10.2 Å². The first-order valence-electron chi connectivity index (χ1n) is 5.85. The molecular weight excluding hydrogens is 235 g/mol. The zero-order valence-electron chi connectivity index (χ0n) is 10.3. The van der Waals surface area contributed by atoms with Gasteiger partial charge in [-0.2, -0.15) is 0 Å². The van der Waals surface area contributed by atoms with Crippen molar-refractivity contribution >= 4 is 11.8 Å². The second-order valence-electron chi connectivity index (χ2n) is 4.43. The number of piperazine rings is 1. The summed E-state index contributed by atoms with van der Waals surface area (Å²) in [5, 5.41) is 2.53. The summed E-state index contributed by atoms with van der Waals surface area (Å²) in [5.41, 5.74) is 0.685. The lowest BCUT2D eigenvalue weighted by molar-refractivity contribution is -0.147. The number of nitrogens with zero attached hydrogens (tertiary/aromatic N) is 1. The minimum Gasteiger partial charge on any atom is -0.345 e. The average Bonchev–Trinajstić information content (AvgIpc) is 2.34. The van der Waals surface area contributed by atoms with E-state index in [1.165, 1.54) is 17.0 Å². The molecule has 0 spiro atoms. The molecule has 0 saturated carbocycles. The number of hydrogen-bond acceptors (Lipinski definition) is 2. The summed E-state index contributed by atoms with van der Waals surface area (Å²) in [6, 6.07) is 5.22. The van der Waals surface area contributed by atoms with Gasteiger partial charge in [0.15, 0.2) is 0 Å². The van der Waals surface area contributed by atoms with Gasteiger partial charge in [0, 0.05) is 0 Å². The fraction of sp³-hybridized carbons (Fsp3) is 0.385. The van der Waals surface area contributed by atoms with E-state index in [9.17, 15) is 14.0 Å². The minimum atomic E-state index is -0.537. The Morgan fingerprint density at radius 2 is 2.17 bits per heavy atom. The fourth-order valence-electron chi connectivity index (χ4n) is 2.22. The van der Waals surface area contributed by atoms with Gasteiger partial charge in [-0.3, -0.25) is 9.59 Å². The van der Waals surface area contributed by atoms with Gasteiger partial charge in [0.25, 0.3) is 0 Å². The third-order valence-electron chi connectivity index (χ3n) is 3.25. The smallest absolute Gasteiger partial charge is 0.243 e. The molecule has 1 aliphatic heterocycles. The quantitative estimate of drug-likeness (QED) is 0.858. The van der Waals surface area contributed by atoms with E-state index >= 15 is 0 Å². The van der Waals surface area contributed by atoms with Gasteiger partial charge in [-0.25, -0.2) is 4.39 Å². The number of rotatable bonds is 2. The van der Waals surface area contributed by atoms with E-state index in [2.05, 4.69) is 5.32 Å². The largest absolute Gasteiger partial charge is 0.345 e. The maximum atomic E-state index is 13.2. The number of carbonyl (C=O) groups is 2. The Morgan fingerprint density at radius 3 is 2.83 bits per heavy atom. The highest BCUT2D eigenvalue weighted by atomic mass is 19.1. The van der Waals surface area contributed by atoms with E-state index in [1.807, 2.05) is 0 Å². The molecule has 2 amide bonds. The summed E-state index contributed by atoms with van der Waals surface area (Å²) in [5.74, 6) is -0.683. The summed E-state index contributed by atoms with van der Waals surface area (Å²) >= 11 is 0. The molecule has 1 saturated heterocycles. The molecule has 5 heteroatoms. The molecule has 1 aromatic rings. The third-order valence-corrected chi connectivity index (χ3v) is 3.25. The van der Waals surface area contributed by atoms with Crippen LogP contribution in [0.25, 0.3) is 0 Å². The van der Waals surface area contributed by atoms with Crippen molar-refractivity contribution in [1.82, 2.24) is 10.2 Å². The van der Waals surface area contributed by atoms with Crippen LogP contribution in [0.2, 0.25) is 0 Å². The lowest BCUT2D eigenvalue weighted by Gasteiger charge is -2.37. The van der Waals surface area contributed by atoms with Crippen LogP contribution >= 0.6 is 0 Å². The van der Waals surface area contributed by atoms with Gasteiger partial charge >= 0.3 is 0 Å². The second-order valence-corrected chi connectivity index (χ2v) is 4.43. The standard InChI is InChI=1S/C13H15FN2O2/c1-8(10-4-3-5-11(14)6-10)16-9(2)13(18)15-7-12(16)17/h3-6,8-9H,7H2,1-2H3,(H,15,18). The van der Waals surface area contributed by atoms with Crippen LogP contribution in [0, 0.1) is 5.82 Å². The Kier molecular flexibility index (Phi) is 3.32. The maximum absolute atomic E-state index is 13.2. The van der Waals surface area contributed by atoms with Crippen LogP contribution in [0.3, 0.4) is 0 Å². The Labute approximate surface area is 105 Å². The van der Waals surface area contributed by atoms with Crippen molar-refractivity contribution < 1.29 is 14.0 Å². The summed E-state index contributed by atoms with van der Waals surface area (Å²) in [6.45, 7) is 3.47. The third kappa shape index (κ3) is 2.20. The maximum Gasteiger partial charge on any atom is 0.243 e. The van der Waals surface area contributed by atoms with Crippen molar-refractivity contribution in [1.29, 1.82) is 0 Å². The lowest BCUT2D eigenvalue weighted by Crippen LogP contribution is -2.57. The molecule has 2 atom stereocenters. The van der Waals surface area contributed by atoms with Crippen LogP contribution in [0.5, 0.6) is 0 Å². The Morgan fingerprint density at radius 1 is 1.44 bits per heavy atom. The van der Waals surface area contributed by atoms with E-state index in [0.29, 0.717) is 5.56 Å². The van der Waals surface area contributed by atoms with Gasteiger partial charge in [0.1, 0.15) is 11.9 Å². The summed E-state index contributed by atoms with van der Waals surface area (Å²) in [7, 11) is 0. The van der Waals surface area contributed by atoms with Crippen LogP contribution in [0.4, 0.5) is 4.39 Å². The number of benzene rings is 1. The predicted octanol–water partition coefficient (Wildman–Crippen LogP) is 1.23. The summed E-state index contributed by atoms with van der Waals surface area (Å²) in [6.07, 6.45) is 0. The molecule has 1 fully saturated rings. The first-order valence-corrected chi connectivity index (χ1v) is 5.85. The summed E-state index contributed by atoms with van der Waals surface area (Å²) in [4.78, 5) is 24.9. The summed E-state index contributed by atoms with van der Waals surface area (Å²) < 4.78 is 13.2. The highest BCUT2D eigenvalue weighted by Gasteiger charge is 2.34. The Bertz CT molecular complexity index is 490. The van der Waals surface area contributed by atoms with Crippen LogP contribution in [0.1, 0.15) is 25.5 Å². The van der Waals surface area contributed by atoms with Crippen molar-refractivity contribution in [2.75, 3.05) is 6.54 Å². The van der Waals surface area contributed by atoms with Gasteiger partial charge in [-0.1, -0.05) is 12.1 Å².